The molecular weight excluding hydrogens is 168 g/mol. The Kier molecular flexibility index (Phi) is 3.91. The van der Waals surface area contributed by atoms with E-state index in [2.05, 4.69) is 12.6 Å². The van der Waals surface area contributed by atoms with Gasteiger partial charge in [0.25, 0.3) is 0 Å². The van der Waals surface area contributed by atoms with Crippen LogP contribution in [0.5, 0.6) is 0 Å². The van der Waals surface area contributed by atoms with Gasteiger partial charge in [-0.05, 0) is 11.1 Å². The van der Waals surface area contributed by atoms with Gasteiger partial charge in [-0.1, -0.05) is 36.4 Å². The summed E-state index contributed by atoms with van der Waals surface area (Å²) in [4.78, 5) is 0. The molecule has 0 heterocycles. The summed E-state index contributed by atoms with van der Waals surface area (Å²) in [5.41, 5.74) is 2.02. The second kappa shape index (κ2) is 5.01. The van der Waals surface area contributed by atoms with E-state index in [1.54, 1.807) is 0 Å². The topological polar surface area (TPSA) is 20.2 Å². The summed E-state index contributed by atoms with van der Waals surface area (Å²) in [5, 5.41) is 8.96. The van der Waals surface area contributed by atoms with E-state index in [1.807, 2.05) is 36.4 Å². The number of rotatable bonds is 3. The number of benzene rings is 1. The number of aliphatic hydroxyl groups excluding tert-OH is 1. The van der Waals surface area contributed by atoms with E-state index in [4.69, 9.17) is 5.11 Å². The molecule has 0 radical (unpaired) electrons. The molecule has 2 heteroatoms. The highest BCUT2D eigenvalue weighted by atomic mass is 32.1. The number of hydrogen-bond acceptors (Lipinski definition) is 2. The van der Waals surface area contributed by atoms with E-state index in [1.165, 1.54) is 0 Å². The van der Waals surface area contributed by atoms with E-state index in [0.29, 0.717) is 0 Å². The zero-order valence-electron chi connectivity index (χ0n) is 6.77. The van der Waals surface area contributed by atoms with Gasteiger partial charge in [-0.25, -0.2) is 0 Å². The molecule has 0 unspecified atom stereocenters. The van der Waals surface area contributed by atoms with Crippen molar-refractivity contribution in [3.63, 3.8) is 0 Å². The van der Waals surface area contributed by atoms with Crippen LogP contribution in [0.1, 0.15) is 11.1 Å². The Hall–Kier alpha value is -0.730. The first-order valence-electron chi connectivity index (χ1n) is 3.84. The molecule has 0 aliphatic carbocycles. The lowest BCUT2D eigenvalue weighted by molar-refractivity contribution is 0.281. The van der Waals surface area contributed by atoms with Crippen LogP contribution in [0.2, 0.25) is 0 Å². The van der Waals surface area contributed by atoms with E-state index in [0.717, 1.165) is 16.9 Å². The molecular formula is C10H12OS. The molecule has 0 spiro atoms. The molecule has 1 aromatic rings. The number of hydrogen-bond donors (Lipinski definition) is 2. The van der Waals surface area contributed by atoms with Crippen molar-refractivity contribution >= 4 is 18.7 Å². The maximum atomic E-state index is 8.96. The second-order valence-corrected chi connectivity index (χ2v) is 2.81. The van der Waals surface area contributed by atoms with Crippen molar-refractivity contribution in [3.8, 4) is 0 Å². The van der Waals surface area contributed by atoms with Crippen molar-refractivity contribution in [2.75, 3.05) is 5.75 Å². The fraction of sp³-hybridized carbons (Fsp3) is 0.200. The standard InChI is InChI=1S/C10H12OS/c11-8-10-5-2-1-4-9(10)6-3-7-12/h1-6,11-12H,7-8H2. The van der Waals surface area contributed by atoms with Gasteiger partial charge in [0.05, 0.1) is 6.61 Å². The fourth-order valence-electron chi connectivity index (χ4n) is 1.02. The maximum Gasteiger partial charge on any atom is 0.0687 e. The van der Waals surface area contributed by atoms with Crippen LogP contribution in [0.15, 0.2) is 30.3 Å². The Morgan fingerprint density at radius 2 is 2.08 bits per heavy atom. The lowest BCUT2D eigenvalue weighted by Crippen LogP contribution is -1.86. The smallest absolute Gasteiger partial charge is 0.0687 e. The van der Waals surface area contributed by atoms with Gasteiger partial charge in [0.1, 0.15) is 0 Å². The third kappa shape index (κ3) is 2.40. The van der Waals surface area contributed by atoms with Crippen LogP contribution in [0.25, 0.3) is 6.08 Å². The van der Waals surface area contributed by atoms with Gasteiger partial charge in [-0.3, -0.25) is 0 Å². The van der Waals surface area contributed by atoms with Crippen LogP contribution < -0.4 is 0 Å². The molecule has 1 rings (SSSR count). The van der Waals surface area contributed by atoms with E-state index in [-0.39, 0.29) is 6.61 Å². The molecule has 1 aromatic carbocycles. The van der Waals surface area contributed by atoms with Gasteiger partial charge in [0, 0.05) is 5.75 Å². The molecule has 0 fully saturated rings. The Morgan fingerprint density at radius 1 is 1.33 bits per heavy atom. The summed E-state index contributed by atoms with van der Waals surface area (Å²) in [6.07, 6.45) is 3.93. The van der Waals surface area contributed by atoms with Crippen molar-refractivity contribution in [2.24, 2.45) is 0 Å². The molecule has 0 aromatic heterocycles. The Balaban J connectivity index is 2.89. The predicted molar refractivity (Wildman–Crippen MR) is 55.3 cm³/mol. The van der Waals surface area contributed by atoms with Crippen molar-refractivity contribution in [1.29, 1.82) is 0 Å². The molecule has 0 aliphatic rings. The highest BCUT2D eigenvalue weighted by molar-refractivity contribution is 7.80. The first kappa shape index (κ1) is 9.36. The van der Waals surface area contributed by atoms with Crippen molar-refractivity contribution < 1.29 is 5.11 Å². The lowest BCUT2D eigenvalue weighted by atomic mass is 10.1. The van der Waals surface area contributed by atoms with Crippen LogP contribution in [-0.2, 0) is 6.61 Å². The summed E-state index contributed by atoms with van der Waals surface area (Å²) in [7, 11) is 0. The minimum atomic E-state index is 0.0904. The van der Waals surface area contributed by atoms with Crippen molar-refractivity contribution in [1.82, 2.24) is 0 Å². The Bertz CT molecular complexity index is 268. The molecule has 0 atom stereocenters. The molecule has 0 amide bonds. The number of thiol groups is 1. The normalized spacial score (nSPS) is 10.8. The Morgan fingerprint density at radius 3 is 2.75 bits per heavy atom. The molecule has 0 saturated heterocycles. The SMILES string of the molecule is OCc1ccccc1C=CCS. The van der Waals surface area contributed by atoms with Gasteiger partial charge in [-0.2, -0.15) is 12.6 Å². The summed E-state index contributed by atoms with van der Waals surface area (Å²) in [6, 6.07) is 7.77. The van der Waals surface area contributed by atoms with Crippen LogP contribution in [0, 0.1) is 0 Å². The lowest BCUT2D eigenvalue weighted by Gasteiger charge is -2.00. The average Bonchev–Trinajstić information content (AvgIpc) is 2.15. The van der Waals surface area contributed by atoms with Gasteiger partial charge in [0.15, 0.2) is 0 Å². The van der Waals surface area contributed by atoms with Crippen molar-refractivity contribution in [2.45, 2.75) is 6.61 Å². The van der Waals surface area contributed by atoms with Crippen LogP contribution in [0.3, 0.4) is 0 Å². The van der Waals surface area contributed by atoms with Crippen LogP contribution in [-0.4, -0.2) is 10.9 Å². The van der Waals surface area contributed by atoms with Crippen molar-refractivity contribution in [3.05, 3.63) is 41.5 Å². The monoisotopic (exact) mass is 180 g/mol. The molecule has 64 valence electrons. The van der Waals surface area contributed by atoms with E-state index < -0.39 is 0 Å². The first-order valence-corrected chi connectivity index (χ1v) is 4.48. The van der Waals surface area contributed by atoms with E-state index >= 15 is 0 Å². The minimum absolute atomic E-state index is 0.0904. The van der Waals surface area contributed by atoms with Crippen LogP contribution in [0.4, 0.5) is 0 Å². The molecule has 0 aliphatic heterocycles. The fourth-order valence-corrected chi connectivity index (χ4v) is 1.13. The largest absolute Gasteiger partial charge is 0.392 e. The molecule has 12 heavy (non-hydrogen) atoms. The summed E-state index contributed by atoms with van der Waals surface area (Å²) in [5.74, 6) is 0.722. The zero-order valence-corrected chi connectivity index (χ0v) is 7.67. The van der Waals surface area contributed by atoms with Gasteiger partial charge < -0.3 is 5.11 Å². The summed E-state index contributed by atoms with van der Waals surface area (Å²) >= 11 is 4.07. The van der Waals surface area contributed by atoms with Crippen LogP contribution >= 0.6 is 12.6 Å². The zero-order chi connectivity index (χ0) is 8.81. The molecule has 1 N–H and O–H groups in total. The Labute approximate surface area is 78.2 Å². The summed E-state index contributed by atoms with van der Waals surface area (Å²) in [6.45, 7) is 0.0904. The van der Waals surface area contributed by atoms with E-state index in [9.17, 15) is 0 Å². The second-order valence-electron chi connectivity index (χ2n) is 2.44. The van der Waals surface area contributed by atoms with Gasteiger partial charge >= 0.3 is 0 Å². The quantitative estimate of drug-likeness (QED) is 0.683. The number of aliphatic hydroxyl groups is 1. The third-order valence-electron chi connectivity index (χ3n) is 1.63. The maximum absolute atomic E-state index is 8.96. The molecule has 1 nitrogen and oxygen atoms in total. The average molecular weight is 180 g/mol. The first-order chi connectivity index (χ1) is 5.88. The molecule has 0 bridgehead atoms. The summed E-state index contributed by atoms with van der Waals surface area (Å²) < 4.78 is 0. The molecule has 0 saturated carbocycles. The highest BCUT2D eigenvalue weighted by Crippen LogP contribution is 2.10. The van der Waals surface area contributed by atoms with Gasteiger partial charge in [-0.15, -0.1) is 0 Å². The third-order valence-corrected chi connectivity index (χ3v) is 1.84. The predicted octanol–water partition coefficient (Wildman–Crippen LogP) is 2.12. The van der Waals surface area contributed by atoms with Gasteiger partial charge in [0.2, 0.25) is 0 Å². The highest BCUT2D eigenvalue weighted by Gasteiger charge is 1.94. The minimum Gasteiger partial charge on any atom is -0.392 e.